The van der Waals surface area contributed by atoms with Crippen LogP contribution in [0.1, 0.15) is 64.4 Å². The minimum atomic E-state index is -1.12. The molecule has 25 heavy (non-hydrogen) atoms. The van der Waals surface area contributed by atoms with Gasteiger partial charge in [-0.3, -0.25) is 14.4 Å². The van der Waals surface area contributed by atoms with Gasteiger partial charge in [0.1, 0.15) is 16.9 Å². The summed E-state index contributed by atoms with van der Waals surface area (Å²) in [5, 5.41) is 0. The first kappa shape index (κ1) is 19.4. The van der Waals surface area contributed by atoms with Crippen molar-refractivity contribution in [3.05, 3.63) is 29.8 Å². The number of rotatable bonds is 9. The number of Topliss-reactive ketones (excluding diaryl/α,β-unsaturated/α-hetero) is 3. The van der Waals surface area contributed by atoms with E-state index in [-0.39, 0.29) is 29.7 Å². The second kappa shape index (κ2) is 8.41. The summed E-state index contributed by atoms with van der Waals surface area (Å²) in [6, 6.07) is 7.26. The number of para-hydroxylation sites is 1. The van der Waals surface area contributed by atoms with E-state index in [2.05, 4.69) is 6.92 Å². The van der Waals surface area contributed by atoms with Crippen LogP contribution in [0.5, 0.6) is 5.75 Å². The van der Waals surface area contributed by atoms with Crippen molar-refractivity contribution in [2.24, 2.45) is 5.92 Å². The molecular formula is C21H28O4. The number of hydrogen-bond acceptors (Lipinski definition) is 4. The number of carbonyl (C=O) groups excluding carboxylic acids is 3. The number of ether oxygens (including phenoxy) is 1. The zero-order valence-electron chi connectivity index (χ0n) is 15.5. The molecular weight excluding hydrogens is 316 g/mol. The Morgan fingerprint density at radius 2 is 1.92 bits per heavy atom. The average Bonchev–Trinajstić information content (AvgIpc) is 2.88. The van der Waals surface area contributed by atoms with E-state index in [1.807, 2.05) is 25.1 Å². The number of methoxy groups -OCH3 is 1. The van der Waals surface area contributed by atoms with Crippen LogP contribution in [0.25, 0.3) is 0 Å². The first-order valence-electron chi connectivity index (χ1n) is 9.24. The molecule has 2 unspecified atom stereocenters. The van der Waals surface area contributed by atoms with Gasteiger partial charge in [-0.2, -0.15) is 0 Å². The molecule has 0 saturated heterocycles. The van der Waals surface area contributed by atoms with E-state index in [0.29, 0.717) is 37.0 Å². The number of carbonyl (C=O) groups is 3. The van der Waals surface area contributed by atoms with Gasteiger partial charge >= 0.3 is 0 Å². The first-order chi connectivity index (χ1) is 12.0. The molecule has 0 aliphatic heterocycles. The van der Waals surface area contributed by atoms with Crippen LogP contribution in [0.2, 0.25) is 0 Å². The van der Waals surface area contributed by atoms with Crippen LogP contribution in [0.15, 0.2) is 24.3 Å². The third kappa shape index (κ3) is 3.68. The second-order valence-corrected chi connectivity index (χ2v) is 6.83. The number of unbranched alkanes of at least 4 members (excludes halogenated alkanes) is 1. The topological polar surface area (TPSA) is 60.4 Å². The maximum Gasteiger partial charge on any atom is 0.154 e. The minimum Gasteiger partial charge on any atom is -0.496 e. The summed E-state index contributed by atoms with van der Waals surface area (Å²) in [6.07, 6.45) is 3.95. The number of hydrogen-bond donors (Lipinski definition) is 0. The van der Waals surface area contributed by atoms with Crippen molar-refractivity contribution in [2.75, 3.05) is 7.11 Å². The van der Waals surface area contributed by atoms with E-state index in [1.54, 1.807) is 13.2 Å². The smallest absolute Gasteiger partial charge is 0.154 e. The van der Waals surface area contributed by atoms with E-state index in [4.69, 9.17) is 4.74 Å². The summed E-state index contributed by atoms with van der Waals surface area (Å²) in [7, 11) is 1.55. The summed E-state index contributed by atoms with van der Waals surface area (Å²) >= 11 is 0. The van der Waals surface area contributed by atoms with Gasteiger partial charge in [0.15, 0.2) is 11.6 Å². The van der Waals surface area contributed by atoms with Gasteiger partial charge in [-0.25, -0.2) is 0 Å². The molecule has 1 saturated carbocycles. The molecule has 1 fully saturated rings. The lowest BCUT2D eigenvalue weighted by molar-refractivity contribution is -0.130. The lowest BCUT2D eigenvalue weighted by Crippen LogP contribution is -2.38. The van der Waals surface area contributed by atoms with Crippen molar-refractivity contribution in [1.29, 1.82) is 0 Å². The maximum atomic E-state index is 13.2. The van der Waals surface area contributed by atoms with Crippen LogP contribution >= 0.6 is 0 Å². The van der Waals surface area contributed by atoms with Crippen LogP contribution in [0.4, 0.5) is 0 Å². The maximum absolute atomic E-state index is 13.2. The molecule has 4 heteroatoms. The van der Waals surface area contributed by atoms with Crippen LogP contribution < -0.4 is 4.74 Å². The predicted molar refractivity (Wildman–Crippen MR) is 96.9 cm³/mol. The van der Waals surface area contributed by atoms with Crippen molar-refractivity contribution in [3.63, 3.8) is 0 Å². The quantitative estimate of drug-likeness (QED) is 0.634. The van der Waals surface area contributed by atoms with E-state index >= 15 is 0 Å². The molecule has 1 aliphatic rings. The van der Waals surface area contributed by atoms with Gasteiger partial charge < -0.3 is 4.74 Å². The average molecular weight is 344 g/mol. The second-order valence-electron chi connectivity index (χ2n) is 6.83. The monoisotopic (exact) mass is 344 g/mol. The highest BCUT2D eigenvalue weighted by Crippen LogP contribution is 2.45. The molecule has 1 aromatic carbocycles. The Morgan fingerprint density at radius 3 is 2.56 bits per heavy atom. The van der Waals surface area contributed by atoms with Gasteiger partial charge in [0, 0.05) is 30.7 Å². The standard InChI is InChI=1S/C21H28O4/c1-4-6-9-16(22)13-12-15-14-19(23)21(5-2,20(15)24)17-10-7-8-11-18(17)25-3/h7-8,10-11,15H,4-6,9,12-14H2,1-3H3. The number of benzene rings is 1. The zero-order valence-corrected chi connectivity index (χ0v) is 15.5. The first-order valence-corrected chi connectivity index (χ1v) is 9.24. The zero-order chi connectivity index (χ0) is 18.4. The predicted octanol–water partition coefficient (Wildman–Crippen LogP) is 4.04. The van der Waals surface area contributed by atoms with Gasteiger partial charge in [0.2, 0.25) is 0 Å². The largest absolute Gasteiger partial charge is 0.496 e. The van der Waals surface area contributed by atoms with Crippen LogP contribution in [0, 0.1) is 5.92 Å². The lowest BCUT2D eigenvalue weighted by atomic mass is 9.73. The van der Waals surface area contributed by atoms with Crippen LogP contribution in [-0.2, 0) is 19.8 Å². The highest BCUT2D eigenvalue weighted by molar-refractivity contribution is 6.19. The lowest BCUT2D eigenvalue weighted by Gasteiger charge is -2.27. The van der Waals surface area contributed by atoms with Crippen molar-refractivity contribution in [1.82, 2.24) is 0 Å². The summed E-state index contributed by atoms with van der Waals surface area (Å²) in [6.45, 7) is 3.92. The Morgan fingerprint density at radius 1 is 1.20 bits per heavy atom. The van der Waals surface area contributed by atoms with Crippen molar-refractivity contribution >= 4 is 17.3 Å². The molecule has 0 heterocycles. The third-order valence-corrected chi connectivity index (χ3v) is 5.38. The molecule has 0 radical (unpaired) electrons. The Hall–Kier alpha value is -1.97. The van der Waals surface area contributed by atoms with E-state index in [1.165, 1.54) is 0 Å². The van der Waals surface area contributed by atoms with Gasteiger partial charge in [-0.05, 0) is 25.3 Å². The fourth-order valence-electron chi connectivity index (χ4n) is 3.89. The van der Waals surface area contributed by atoms with Crippen molar-refractivity contribution in [2.45, 2.75) is 64.2 Å². The molecule has 2 rings (SSSR count). The normalized spacial score (nSPS) is 23.1. The molecule has 4 nitrogen and oxygen atoms in total. The van der Waals surface area contributed by atoms with E-state index < -0.39 is 5.41 Å². The van der Waals surface area contributed by atoms with E-state index in [0.717, 1.165) is 12.8 Å². The molecule has 0 spiro atoms. The Labute approximate surface area is 149 Å². The molecule has 136 valence electrons. The van der Waals surface area contributed by atoms with Crippen LogP contribution in [0.3, 0.4) is 0 Å². The molecule has 0 aromatic heterocycles. The Bertz CT molecular complexity index is 649. The fraction of sp³-hybridized carbons (Fsp3) is 0.571. The van der Waals surface area contributed by atoms with Crippen molar-refractivity contribution < 1.29 is 19.1 Å². The van der Waals surface area contributed by atoms with Crippen LogP contribution in [-0.4, -0.2) is 24.5 Å². The summed E-state index contributed by atoms with van der Waals surface area (Å²) < 4.78 is 5.40. The molecule has 2 atom stereocenters. The molecule has 0 amide bonds. The van der Waals surface area contributed by atoms with Gasteiger partial charge in [0.25, 0.3) is 0 Å². The fourth-order valence-corrected chi connectivity index (χ4v) is 3.89. The summed E-state index contributed by atoms with van der Waals surface area (Å²) in [5.41, 5.74) is -0.459. The molecule has 1 aromatic rings. The SMILES string of the molecule is CCCCC(=O)CCC1CC(=O)C(CC)(c2ccccc2OC)C1=O. The number of ketones is 3. The molecule has 0 bridgehead atoms. The molecule has 1 aliphatic carbocycles. The van der Waals surface area contributed by atoms with Crippen molar-refractivity contribution in [3.8, 4) is 5.75 Å². The minimum absolute atomic E-state index is 0.0458. The third-order valence-electron chi connectivity index (χ3n) is 5.38. The van der Waals surface area contributed by atoms with Gasteiger partial charge in [-0.15, -0.1) is 0 Å². The highest BCUT2D eigenvalue weighted by Gasteiger charge is 2.55. The Balaban J connectivity index is 2.22. The van der Waals surface area contributed by atoms with E-state index in [9.17, 15) is 14.4 Å². The summed E-state index contributed by atoms with van der Waals surface area (Å²) in [4.78, 5) is 38.0. The van der Waals surface area contributed by atoms with Gasteiger partial charge in [0.05, 0.1) is 7.11 Å². The highest BCUT2D eigenvalue weighted by atomic mass is 16.5. The Kier molecular flexibility index (Phi) is 6.51. The summed E-state index contributed by atoms with van der Waals surface area (Å²) in [5.74, 6) is 0.311. The van der Waals surface area contributed by atoms with Gasteiger partial charge in [-0.1, -0.05) is 38.5 Å². The molecule has 0 N–H and O–H groups in total.